The van der Waals surface area contributed by atoms with Crippen LogP contribution in [0, 0.1) is 5.41 Å². The molecule has 212 valence electrons. The molecule has 0 bridgehead atoms. The molecule has 4 atom stereocenters. The third kappa shape index (κ3) is 6.97. The number of methoxy groups -OCH3 is 1. The Balaban J connectivity index is 1.43. The Hall–Kier alpha value is -2.98. The van der Waals surface area contributed by atoms with Gasteiger partial charge in [0.05, 0.1) is 18.8 Å². The standard InChI is InChI=1S/C28H40N6O5/c1-28(2,3)15-21(27(37)34-16-22(31-32-29)25-24(34)23(35)17-39-25)30-26(36)20-7-5-18(6-8-20)19-9-11-33(12-10-19)13-14-38-4/h5-8,19,21-22,24-25H,9-17H2,1-4H3,(H,30,36)/t21-,22+,24+,25+/m0/s1. The third-order valence-electron chi connectivity index (χ3n) is 7.90. The van der Waals surface area contributed by atoms with E-state index in [0.29, 0.717) is 17.9 Å². The van der Waals surface area contributed by atoms with Gasteiger partial charge in [0.15, 0.2) is 5.78 Å². The molecule has 0 radical (unpaired) electrons. The summed E-state index contributed by atoms with van der Waals surface area (Å²) in [6, 6.07) is 5.38. The first kappa shape index (κ1) is 29.0. The smallest absolute Gasteiger partial charge is 0.251 e. The Morgan fingerprint density at radius 1 is 1.23 bits per heavy atom. The number of azide groups is 1. The van der Waals surface area contributed by atoms with Crippen LogP contribution in [-0.4, -0.2) is 98.1 Å². The van der Waals surface area contributed by atoms with E-state index >= 15 is 0 Å². The fourth-order valence-electron chi connectivity index (χ4n) is 5.90. The minimum atomic E-state index is -0.840. The van der Waals surface area contributed by atoms with Gasteiger partial charge in [-0.2, -0.15) is 0 Å². The van der Waals surface area contributed by atoms with Gasteiger partial charge < -0.3 is 24.6 Å². The molecule has 4 rings (SSSR count). The Morgan fingerprint density at radius 3 is 2.54 bits per heavy atom. The summed E-state index contributed by atoms with van der Waals surface area (Å²) in [6.45, 7) is 9.69. The summed E-state index contributed by atoms with van der Waals surface area (Å²) < 4.78 is 10.7. The van der Waals surface area contributed by atoms with Gasteiger partial charge in [0.1, 0.15) is 18.7 Å². The highest BCUT2D eigenvalue weighted by Crippen LogP contribution is 2.32. The van der Waals surface area contributed by atoms with Crippen molar-refractivity contribution in [2.75, 3.05) is 46.5 Å². The van der Waals surface area contributed by atoms with E-state index in [1.54, 1.807) is 7.11 Å². The quantitative estimate of drug-likeness (QED) is 0.290. The van der Waals surface area contributed by atoms with E-state index in [9.17, 15) is 14.4 Å². The molecule has 3 fully saturated rings. The third-order valence-corrected chi connectivity index (χ3v) is 7.90. The first-order valence-electron chi connectivity index (χ1n) is 13.7. The van der Waals surface area contributed by atoms with Crippen molar-refractivity contribution in [2.24, 2.45) is 10.5 Å². The molecule has 2 amide bonds. The fraction of sp³-hybridized carbons (Fsp3) is 0.679. The van der Waals surface area contributed by atoms with Crippen molar-refractivity contribution in [2.45, 2.75) is 70.2 Å². The number of rotatable bonds is 9. The lowest BCUT2D eigenvalue weighted by molar-refractivity contribution is -0.138. The number of nitrogens with one attached hydrogen (secondary N) is 1. The van der Waals surface area contributed by atoms with Crippen molar-refractivity contribution >= 4 is 17.6 Å². The number of nitrogens with zero attached hydrogens (tertiary/aromatic N) is 5. The Labute approximate surface area is 229 Å². The lowest BCUT2D eigenvalue weighted by atomic mass is 9.87. The van der Waals surface area contributed by atoms with Crippen molar-refractivity contribution in [1.29, 1.82) is 0 Å². The highest BCUT2D eigenvalue weighted by atomic mass is 16.5. The van der Waals surface area contributed by atoms with Crippen LogP contribution >= 0.6 is 0 Å². The lowest BCUT2D eigenvalue weighted by Crippen LogP contribution is -2.53. The van der Waals surface area contributed by atoms with Gasteiger partial charge in [-0.15, -0.1) is 0 Å². The zero-order chi connectivity index (χ0) is 28.2. The van der Waals surface area contributed by atoms with Crippen LogP contribution in [0.25, 0.3) is 10.4 Å². The molecule has 39 heavy (non-hydrogen) atoms. The van der Waals surface area contributed by atoms with Gasteiger partial charge in [-0.3, -0.25) is 14.4 Å². The van der Waals surface area contributed by atoms with Crippen molar-refractivity contribution in [3.63, 3.8) is 0 Å². The number of carbonyl (C=O) groups is 3. The summed E-state index contributed by atoms with van der Waals surface area (Å²) in [5.74, 6) is -0.464. The number of ether oxygens (including phenoxy) is 2. The second kappa shape index (κ2) is 12.5. The van der Waals surface area contributed by atoms with Crippen LogP contribution < -0.4 is 5.32 Å². The van der Waals surface area contributed by atoms with Gasteiger partial charge in [0, 0.05) is 30.7 Å². The van der Waals surface area contributed by atoms with Crippen molar-refractivity contribution in [3.05, 3.63) is 45.8 Å². The molecule has 1 aromatic rings. The predicted octanol–water partition coefficient (Wildman–Crippen LogP) is 2.90. The number of fused-ring (bicyclic) bond motifs is 1. The maximum Gasteiger partial charge on any atom is 0.251 e. The van der Waals surface area contributed by atoms with Gasteiger partial charge >= 0.3 is 0 Å². The summed E-state index contributed by atoms with van der Waals surface area (Å²) in [4.78, 5) is 46.3. The monoisotopic (exact) mass is 540 g/mol. The minimum Gasteiger partial charge on any atom is -0.383 e. The number of piperidine rings is 1. The molecule has 1 aromatic carbocycles. The number of carbonyl (C=O) groups excluding carboxylic acids is 3. The average Bonchev–Trinajstić information content (AvgIpc) is 3.47. The fourth-order valence-corrected chi connectivity index (χ4v) is 5.90. The van der Waals surface area contributed by atoms with Gasteiger partial charge in [0.25, 0.3) is 5.91 Å². The zero-order valence-corrected chi connectivity index (χ0v) is 23.3. The van der Waals surface area contributed by atoms with Crippen LogP contribution in [0.1, 0.15) is 61.9 Å². The van der Waals surface area contributed by atoms with E-state index in [0.717, 1.165) is 39.1 Å². The zero-order valence-electron chi connectivity index (χ0n) is 23.3. The van der Waals surface area contributed by atoms with Gasteiger partial charge in [-0.25, -0.2) is 0 Å². The SMILES string of the molecule is COCCN1CCC(c2ccc(C(=O)N[C@@H](CC(C)(C)C)C(=O)N3C[C@@H](N=[N+]=[N-])[C@H]4OCC(=O)[C@H]43)cc2)CC1. The summed E-state index contributed by atoms with van der Waals surface area (Å²) in [5, 5.41) is 6.68. The van der Waals surface area contributed by atoms with E-state index in [2.05, 4.69) is 20.2 Å². The van der Waals surface area contributed by atoms with E-state index < -0.39 is 24.2 Å². The maximum atomic E-state index is 13.7. The van der Waals surface area contributed by atoms with Crippen LogP contribution in [0.2, 0.25) is 0 Å². The van der Waals surface area contributed by atoms with Crippen LogP contribution in [0.15, 0.2) is 29.4 Å². The summed E-state index contributed by atoms with van der Waals surface area (Å²) in [5.41, 5.74) is 10.4. The molecule has 1 N–H and O–H groups in total. The normalized spacial score (nSPS) is 24.8. The molecular formula is C28H40N6O5. The van der Waals surface area contributed by atoms with E-state index in [1.807, 2.05) is 45.0 Å². The van der Waals surface area contributed by atoms with Crippen molar-refractivity contribution in [3.8, 4) is 0 Å². The highest BCUT2D eigenvalue weighted by molar-refractivity contribution is 5.99. The molecule has 0 spiro atoms. The molecule has 0 aliphatic carbocycles. The van der Waals surface area contributed by atoms with Crippen LogP contribution in [0.3, 0.4) is 0 Å². The maximum absolute atomic E-state index is 13.7. The second-order valence-corrected chi connectivity index (χ2v) is 12.0. The number of Topliss-reactive ketones (excluding diaryl/α,β-unsaturated/α-hetero) is 1. The molecule has 0 saturated carbocycles. The van der Waals surface area contributed by atoms with Gasteiger partial charge in [-0.1, -0.05) is 38.0 Å². The average molecular weight is 541 g/mol. The summed E-state index contributed by atoms with van der Waals surface area (Å²) in [6.07, 6.45) is 1.86. The number of amides is 2. The molecule has 3 aliphatic rings. The summed E-state index contributed by atoms with van der Waals surface area (Å²) >= 11 is 0. The molecule has 0 unspecified atom stereocenters. The van der Waals surface area contributed by atoms with Gasteiger partial charge in [-0.05, 0) is 66.9 Å². The largest absolute Gasteiger partial charge is 0.383 e. The van der Waals surface area contributed by atoms with E-state index in [1.165, 1.54) is 10.5 Å². The van der Waals surface area contributed by atoms with E-state index in [-0.39, 0.29) is 36.2 Å². The minimum absolute atomic E-state index is 0.0828. The number of ketones is 1. The highest BCUT2D eigenvalue weighted by Gasteiger charge is 2.53. The molecule has 3 heterocycles. The van der Waals surface area contributed by atoms with Crippen LogP contribution in [0.4, 0.5) is 0 Å². The Kier molecular flexibility index (Phi) is 9.27. The van der Waals surface area contributed by atoms with Crippen LogP contribution in [0.5, 0.6) is 0 Å². The molecule has 0 aromatic heterocycles. The number of hydrogen-bond acceptors (Lipinski definition) is 7. The first-order valence-corrected chi connectivity index (χ1v) is 13.7. The Bertz CT molecular complexity index is 1090. The van der Waals surface area contributed by atoms with E-state index in [4.69, 9.17) is 15.0 Å². The van der Waals surface area contributed by atoms with Crippen molar-refractivity contribution < 1.29 is 23.9 Å². The number of hydrogen-bond donors (Lipinski definition) is 1. The lowest BCUT2D eigenvalue weighted by Gasteiger charge is -2.32. The number of likely N-dealkylation sites (tertiary alicyclic amines) is 2. The molecule has 3 saturated heterocycles. The molecule has 11 nitrogen and oxygen atoms in total. The topological polar surface area (TPSA) is 137 Å². The molecular weight excluding hydrogens is 500 g/mol. The molecule has 3 aliphatic heterocycles. The van der Waals surface area contributed by atoms with Gasteiger partial charge in [0.2, 0.25) is 5.91 Å². The second-order valence-electron chi connectivity index (χ2n) is 12.0. The summed E-state index contributed by atoms with van der Waals surface area (Å²) in [7, 11) is 1.72. The van der Waals surface area contributed by atoms with Crippen molar-refractivity contribution in [1.82, 2.24) is 15.1 Å². The molecule has 11 heteroatoms. The predicted molar refractivity (Wildman–Crippen MR) is 145 cm³/mol. The Morgan fingerprint density at radius 2 is 1.92 bits per heavy atom. The number of benzene rings is 1. The van der Waals surface area contributed by atoms with Crippen LogP contribution in [-0.2, 0) is 19.1 Å². The first-order chi connectivity index (χ1) is 18.6.